The molecule has 3 aromatic heterocycles. The van der Waals surface area contributed by atoms with E-state index in [9.17, 15) is 0 Å². The van der Waals surface area contributed by atoms with Gasteiger partial charge in [0.2, 0.25) is 5.88 Å². The van der Waals surface area contributed by atoms with Crippen molar-refractivity contribution in [1.29, 1.82) is 0 Å². The smallest absolute Gasteiger partial charge is 0.212 e. The van der Waals surface area contributed by atoms with Crippen molar-refractivity contribution in [3.63, 3.8) is 0 Å². The summed E-state index contributed by atoms with van der Waals surface area (Å²) in [6.45, 7) is 5.49. The van der Waals surface area contributed by atoms with Gasteiger partial charge in [0.25, 0.3) is 0 Å². The lowest BCUT2D eigenvalue weighted by molar-refractivity contribution is 0.0928. The van der Waals surface area contributed by atoms with Gasteiger partial charge in [0.15, 0.2) is 0 Å². The van der Waals surface area contributed by atoms with E-state index < -0.39 is 0 Å². The summed E-state index contributed by atoms with van der Waals surface area (Å²) in [4.78, 5) is 21.1. The number of pyridine rings is 2. The molecule has 2 aliphatic rings. The van der Waals surface area contributed by atoms with Crippen LogP contribution in [0.15, 0.2) is 49.1 Å². The normalized spacial score (nSPS) is 20.8. The quantitative estimate of drug-likeness (QED) is 0.582. The molecule has 8 heteroatoms. The molecule has 5 heterocycles. The summed E-state index contributed by atoms with van der Waals surface area (Å²) in [5.74, 6) is 1.71. The predicted octanol–water partition coefficient (Wildman–Crippen LogP) is 2.65. The van der Waals surface area contributed by atoms with Crippen molar-refractivity contribution in [2.75, 3.05) is 31.7 Å². The molecule has 8 nitrogen and oxygen atoms in total. The van der Waals surface area contributed by atoms with Crippen LogP contribution in [0, 0.1) is 0 Å². The lowest BCUT2D eigenvalue weighted by Gasteiger charge is -2.41. The van der Waals surface area contributed by atoms with Gasteiger partial charge in [-0.25, -0.2) is 9.97 Å². The first-order valence-electron chi connectivity index (χ1n) is 10.9. The van der Waals surface area contributed by atoms with Gasteiger partial charge >= 0.3 is 0 Å². The molecule has 5 rings (SSSR count). The molecule has 0 unspecified atom stereocenters. The Morgan fingerprint density at radius 1 is 0.968 bits per heavy atom. The van der Waals surface area contributed by atoms with Crippen molar-refractivity contribution >= 4 is 5.82 Å². The van der Waals surface area contributed by atoms with E-state index >= 15 is 0 Å². The molecule has 2 aliphatic heterocycles. The minimum absolute atomic E-state index is 0.548. The van der Waals surface area contributed by atoms with Gasteiger partial charge in [-0.15, -0.1) is 9.94 Å². The Morgan fingerprint density at radius 3 is 2.45 bits per heavy atom. The van der Waals surface area contributed by atoms with Crippen LogP contribution in [0.25, 0.3) is 11.1 Å². The Morgan fingerprint density at radius 2 is 1.81 bits per heavy atom. The molecule has 0 amide bonds. The first-order valence-corrected chi connectivity index (χ1v) is 10.9. The Labute approximate surface area is 182 Å². The molecule has 0 N–H and O–H groups in total. The lowest BCUT2D eigenvalue weighted by Crippen LogP contribution is -2.53. The summed E-state index contributed by atoms with van der Waals surface area (Å²) in [5.41, 5.74) is 3.29. The van der Waals surface area contributed by atoms with Gasteiger partial charge in [0, 0.05) is 61.3 Å². The molecule has 2 atom stereocenters. The predicted molar refractivity (Wildman–Crippen MR) is 118 cm³/mol. The van der Waals surface area contributed by atoms with Gasteiger partial charge in [-0.1, -0.05) is 6.07 Å². The average Bonchev–Trinajstić information content (AvgIpc) is 3.35. The zero-order chi connectivity index (χ0) is 21.2. The topological polar surface area (TPSA) is 68.5 Å². The highest BCUT2D eigenvalue weighted by atomic mass is 16.7. The van der Waals surface area contributed by atoms with Gasteiger partial charge in [-0.3, -0.25) is 4.90 Å². The summed E-state index contributed by atoms with van der Waals surface area (Å²) < 4.78 is 5.18. The molecular formula is C23H28N6O2. The molecule has 3 aromatic rings. The van der Waals surface area contributed by atoms with Crippen LogP contribution >= 0.6 is 0 Å². The van der Waals surface area contributed by atoms with Crippen LogP contribution in [0.3, 0.4) is 0 Å². The Bertz CT molecular complexity index is 990. The molecular weight excluding hydrogens is 392 g/mol. The van der Waals surface area contributed by atoms with E-state index in [0.717, 1.165) is 36.6 Å². The maximum atomic E-state index is 5.38. The molecule has 0 saturated carbocycles. The number of hydrogen-bond donors (Lipinski definition) is 0. The maximum absolute atomic E-state index is 5.38. The van der Waals surface area contributed by atoms with Crippen molar-refractivity contribution in [3.8, 4) is 17.0 Å². The summed E-state index contributed by atoms with van der Waals surface area (Å²) in [6, 6.07) is 9.39. The number of aromatic nitrogens is 4. The number of ether oxygens (including phenoxy) is 1. The van der Waals surface area contributed by atoms with Crippen molar-refractivity contribution in [1.82, 2.24) is 24.8 Å². The van der Waals surface area contributed by atoms with Crippen LogP contribution < -0.4 is 14.5 Å². The molecule has 0 aromatic carbocycles. The molecule has 2 bridgehead atoms. The molecule has 0 spiro atoms. The zero-order valence-corrected chi connectivity index (χ0v) is 18.0. The third-order valence-corrected chi connectivity index (χ3v) is 6.23. The lowest BCUT2D eigenvalue weighted by atomic mass is 10.1. The van der Waals surface area contributed by atoms with Crippen molar-refractivity contribution < 1.29 is 9.57 Å². The number of piperazine rings is 1. The number of methoxy groups -OCH3 is 1. The number of nitrogens with zero attached hydrogens (tertiary/aromatic N) is 6. The fraction of sp³-hybridized carbons (Fsp3) is 0.435. The fourth-order valence-corrected chi connectivity index (χ4v) is 4.67. The summed E-state index contributed by atoms with van der Waals surface area (Å²) in [7, 11) is 1.65. The largest absolute Gasteiger partial charge is 0.481 e. The van der Waals surface area contributed by atoms with E-state index in [2.05, 4.69) is 38.1 Å². The monoisotopic (exact) mass is 420 g/mol. The highest BCUT2D eigenvalue weighted by Gasteiger charge is 2.40. The van der Waals surface area contributed by atoms with E-state index in [4.69, 9.17) is 14.6 Å². The van der Waals surface area contributed by atoms with Crippen LogP contribution in [0.4, 0.5) is 5.82 Å². The molecule has 31 heavy (non-hydrogen) atoms. The first kappa shape index (κ1) is 19.8. The van der Waals surface area contributed by atoms with Gasteiger partial charge in [-0.2, -0.15) is 0 Å². The third kappa shape index (κ3) is 4.07. The highest BCUT2D eigenvalue weighted by Crippen LogP contribution is 2.33. The molecule has 2 fully saturated rings. The summed E-state index contributed by atoms with van der Waals surface area (Å²) in [5, 5.41) is 4.21. The SMILES string of the molecule is CCOn1cc(-c2ccc(N3C[C@H]4CC[C@@H](C3)N4Cc3ccc(OC)nc3)nc2)cn1. The Hall–Kier alpha value is -3.13. The van der Waals surface area contributed by atoms with E-state index in [1.807, 2.05) is 31.6 Å². The number of rotatable bonds is 7. The number of anilines is 1. The molecule has 0 radical (unpaired) electrons. The van der Waals surface area contributed by atoms with Crippen LogP contribution in [0.5, 0.6) is 5.88 Å². The summed E-state index contributed by atoms with van der Waals surface area (Å²) >= 11 is 0. The van der Waals surface area contributed by atoms with Crippen LogP contribution in [0.2, 0.25) is 0 Å². The number of hydrogen-bond acceptors (Lipinski definition) is 7. The van der Waals surface area contributed by atoms with E-state index in [0.29, 0.717) is 24.6 Å². The maximum Gasteiger partial charge on any atom is 0.212 e. The standard InChI is InChI=1S/C23H28N6O2/c1-3-31-29-14-19(12-26-29)18-5-8-22(24-11-18)27-15-20-6-7-21(16-27)28(20)13-17-4-9-23(30-2)25-10-17/h4-5,8-12,14,20-21H,3,6-7,13,15-16H2,1-2H3/t20-,21+. The highest BCUT2D eigenvalue weighted by molar-refractivity contribution is 5.62. The van der Waals surface area contributed by atoms with Crippen LogP contribution in [0.1, 0.15) is 25.3 Å². The van der Waals surface area contributed by atoms with Crippen molar-refractivity contribution in [3.05, 3.63) is 54.6 Å². The third-order valence-electron chi connectivity index (χ3n) is 6.23. The molecule has 162 valence electrons. The van der Waals surface area contributed by atoms with Gasteiger partial charge in [0.05, 0.1) is 19.5 Å². The fourth-order valence-electron chi connectivity index (χ4n) is 4.67. The zero-order valence-electron chi connectivity index (χ0n) is 18.0. The summed E-state index contributed by atoms with van der Waals surface area (Å²) in [6.07, 6.45) is 10.0. The first-order chi connectivity index (χ1) is 15.2. The Kier molecular flexibility index (Phi) is 5.46. The van der Waals surface area contributed by atoms with E-state index in [-0.39, 0.29) is 0 Å². The number of fused-ring (bicyclic) bond motifs is 2. The van der Waals surface area contributed by atoms with E-state index in [1.54, 1.807) is 13.3 Å². The Balaban J connectivity index is 1.24. The van der Waals surface area contributed by atoms with Crippen LogP contribution in [-0.4, -0.2) is 63.7 Å². The van der Waals surface area contributed by atoms with Gasteiger partial charge < -0.3 is 14.5 Å². The van der Waals surface area contributed by atoms with Crippen molar-refractivity contribution in [2.45, 2.75) is 38.4 Å². The van der Waals surface area contributed by atoms with E-state index in [1.165, 1.54) is 23.3 Å². The second-order valence-electron chi connectivity index (χ2n) is 8.13. The van der Waals surface area contributed by atoms with Crippen molar-refractivity contribution in [2.24, 2.45) is 0 Å². The minimum Gasteiger partial charge on any atom is -0.481 e. The van der Waals surface area contributed by atoms with Gasteiger partial charge in [-0.05, 0) is 37.5 Å². The average molecular weight is 421 g/mol. The minimum atomic E-state index is 0.548. The molecule has 0 aliphatic carbocycles. The second kappa shape index (κ2) is 8.55. The molecule has 2 saturated heterocycles. The second-order valence-corrected chi connectivity index (χ2v) is 8.13. The van der Waals surface area contributed by atoms with Crippen LogP contribution in [-0.2, 0) is 6.54 Å². The van der Waals surface area contributed by atoms with Gasteiger partial charge in [0.1, 0.15) is 12.4 Å².